The number of rotatable bonds is 6. The monoisotopic (exact) mass is 835 g/mol. The molecule has 322 valence electrons. The van der Waals surface area contributed by atoms with Crippen LogP contribution < -0.4 is 31.3 Å². The van der Waals surface area contributed by atoms with Crippen molar-refractivity contribution in [2.75, 3.05) is 25.5 Å². The lowest BCUT2D eigenvalue weighted by molar-refractivity contribution is -0.143. The number of aromatic nitrogens is 3. The Morgan fingerprint density at radius 2 is 1.61 bits per heavy atom. The molecule has 6 N–H and O–H groups in total. The Morgan fingerprint density at radius 1 is 0.885 bits per heavy atom. The van der Waals surface area contributed by atoms with E-state index in [4.69, 9.17) is 4.74 Å². The molecule has 0 saturated carbocycles. The molecule has 4 aromatic rings. The van der Waals surface area contributed by atoms with E-state index < -0.39 is 59.8 Å². The van der Waals surface area contributed by atoms with Gasteiger partial charge in [-0.3, -0.25) is 28.7 Å². The van der Waals surface area contributed by atoms with Gasteiger partial charge in [-0.05, 0) is 67.8 Å². The van der Waals surface area contributed by atoms with Gasteiger partial charge in [0, 0.05) is 63.5 Å². The smallest absolute Gasteiger partial charge is 0.326 e. The van der Waals surface area contributed by atoms with Crippen LogP contribution in [0.5, 0.6) is 5.75 Å². The maximum absolute atomic E-state index is 14.4. The molecule has 3 aromatic carbocycles. The Morgan fingerprint density at radius 3 is 2.33 bits per heavy atom. The molecule has 0 aliphatic carbocycles. The van der Waals surface area contributed by atoms with E-state index in [2.05, 4.69) is 36.9 Å². The van der Waals surface area contributed by atoms with Gasteiger partial charge in [-0.15, -0.1) is 5.10 Å². The molecular weight excluding hydrogens is 783 g/mol. The number of hydrogen-bond acceptors (Lipinski definition) is 10. The number of likely N-dealkylation sites (N-methyl/N-ethyl adjacent to an activating group) is 1. The summed E-state index contributed by atoms with van der Waals surface area (Å²) >= 11 is 0. The zero-order valence-corrected chi connectivity index (χ0v) is 34.3. The fourth-order valence-electron chi connectivity index (χ4n) is 7.29. The zero-order chi connectivity index (χ0) is 43.3. The summed E-state index contributed by atoms with van der Waals surface area (Å²) in [5.74, 6) is -3.01. The summed E-state index contributed by atoms with van der Waals surface area (Å²) in [6.07, 6.45) is 3.94. The molecule has 5 atom stereocenters. The second-order valence-corrected chi connectivity index (χ2v) is 15.4. The third-order valence-electron chi connectivity index (χ3n) is 10.8. The van der Waals surface area contributed by atoms with E-state index in [-0.39, 0.29) is 38.1 Å². The highest BCUT2D eigenvalue weighted by atomic mass is 16.5. The molecule has 5 aliphatic heterocycles. The van der Waals surface area contributed by atoms with Crippen LogP contribution in [0.3, 0.4) is 0 Å². The SMILES string of the molecule is CNC(C)C(=O)NC1Cc2ccc(cc2)NC(=O)CCc2cn(nn2)CCCOc2ccc(cc2)CC(C(=O)O)NC(=O)C(Cc2ccccc2)NC(=O)C2CCCN2C1=O. The van der Waals surface area contributed by atoms with Gasteiger partial charge in [0.1, 0.15) is 29.9 Å². The summed E-state index contributed by atoms with van der Waals surface area (Å²) < 4.78 is 7.59. The summed E-state index contributed by atoms with van der Waals surface area (Å²) in [7, 11) is 1.63. The molecule has 1 saturated heterocycles. The molecule has 17 heteroatoms. The minimum Gasteiger partial charge on any atom is -0.494 e. The van der Waals surface area contributed by atoms with Gasteiger partial charge in [0.05, 0.1) is 18.3 Å². The van der Waals surface area contributed by atoms with Gasteiger partial charge in [0.15, 0.2) is 0 Å². The van der Waals surface area contributed by atoms with Crippen LogP contribution in [0.25, 0.3) is 0 Å². The molecule has 0 radical (unpaired) electrons. The van der Waals surface area contributed by atoms with Gasteiger partial charge < -0.3 is 41.3 Å². The van der Waals surface area contributed by atoms with Gasteiger partial charge in [-0.2, -0.15) is 0 Å². The van der Waals surface area contributed by atoms with E-state index >= 15 is 0 Å². The van der Waals surface area contributed by atoms with Gasteiger partial charge in [-0.25, -0.2) is 4.79 Å². The van der Waals surface area contributed by atoms with E-state index in [1.165, 1.54) is 4.90 Å². The molecule has 6 heterocycles. The van der Waals surface area contributed by atoms with Crippen LogP contribution in [0.2, 0.25) is 0 Å². The standard InChI is InChI=1S/C44H53N9O8/c1-28(45-2)40(55)48-36-25-30-11-15-32(16-12-30)46-39(54)20-17-33-27-52(51-50-33)21-7-23-61-34-18-13-31(14-19-34)26-37(44(59)60)49-41(56)35(24-29-8-4-3-5-9-29)47-42(57)38-10-6-22-53(38)43(36)58/h3-5,8-9,11-16,18-19,27-28,35-38,45H,6-7,10,17,20-26H2,1-2H3,(H,46,54)(H,47,57)(H,48,55)(H,49,56)(H,59,60). The van der Waals surface area contributed by atoms with Gasteiger partial charge in [-0.1, -0.05) is 59.8 Å². The number of aliphatic carboxylic acids is 1. The molecule has 9 rings (SSSR count). The molecule has 5 unspecified atom stereocenters. The van der Waals surface area contributed by atoms with E-state index in [1.807, 2.05) is 6.07 Å². The minimum absolute atomic E-state index is 0.0312. The number of amides is 5. The van der Waals surface area contributed by atoms with Gasteiger partial charge >= 0.3 is 5.97 Å². The first kappa shape index (κ1) is 43.9. The fourth-order valence-corrected chi connectivity index (χ4v) is 7.29. The molecule has 5 aliphatic rings. The molecule has 61 heavy (non-hydrogen) atoms. The number of carbonyl (C=O) groups is 6. The zero-order valence-electron chi connectivity index (χ0n) is 34.3. The minimum atomic E-state index is -1.32. The molecule has 17 nitrogen and oxygen atoms in total. The third kappa shape index (κ3) is 12.5. The number of nitrogens with one attached hydrogen (secondary N) is 5. The lowest BCUT2D eigenvalue weighted by Crippen LogP contribution is -2.58. The number of hydrogen-bond donors (Lipinski definition) is 6. The second-order valence-electron chi connectivity index (χ2n) is 15.4. The Labute approximate surface area is 354 Å². The van der Waals surface area contributed by atoms with Crippen LogP contribution in [0, 0.1) is 0 Å². The summed E-state index contributed by atoms with van der Waals surface area (Å²) in [6, 6.07) is 17.8. The average molecular weight is 836 g/mol. The van der Waals surface area contributed by atoms with Crippen LogP contribution in [0.4, 0.5) is 5.69 Å². The van der Waals surface area contributed by atoms with Crippen molar-refractivity contribution < 1.29 is 38.6 Å². The highest BCUT2D eigenvalue weighted by Crippen LogP contribution is 2.22. The number of anilines is 1. The topological polar surface area (TPSA) is 226 Å². The number of nitrogens with zero attached hydrogens (tertiary/aromatic N) is 4. The van der Waals surface area contributed by atoms with Crippen molar-refractivity contribution in [3.05, 3.63) is 107 Å². The van der Waals surface area contributed by atoms with Gasteiger partial charge in [0.25, 0.3) is 0 Å². The summed E-state index contributed by atoms with van der Waals surface area (Å²) in [6.45, 7) is 2.83. The van der Waals surface area contributed by atoms with E-state index in [1.54, 1.807) is 97.6 Å². The highest BCUT2D eigenvalue weighted by molar-refractivity contribution is 5.96. The highest BCUT2D eigenvalue weighted by Gasteiger charge is 2.39. The first-order valence-corrected chi connectivity index (χ1v) is 20.6. The van der Waals surface area contributed by atoms with Crippen molar-refractivity contribution in [3.8, 4) is 5.75 Å². The largest absolute Gasteiger partial charge is 0.494 e. The van der Waals surface area contributed by atoms with Crippen molar-refractivity contribution >= 4 is 41.2 Å². The fraction of sp³-hybridized carbons (Fsp3) is 0.409. The summed E-state index contributed by atoms with van der Waals surface area (Å²) in [5, 5.41) is 32.7. The Balaban J connectivity index is 1.26. The Kier molecular flexibility index (Phi) is 15.2. The van der Waals surface area contributed by atoms with Crippen LogP contribution in [0.15, 0.2) is 85.1 Å². The molecule has 5 amide bonds. The number of carboxylic acid groups (broad SMARTS) is 1. The Bertz CT molecular complexity index is 2150. The number of benzene rings is 3. The van der Waals surface area contributed by atoms with Crippen molar-refractivity contribution in [2.45, 2.75) is 95.0 Å². The quantitative estimate of drug-likeness (QED) is 0.164. The third-order valence-corrected chi connectivity index (χ3v) is 10.8. The number of carboxylic acids is 1. The van der Waals surface area contributed by atoms with Crippen LogP contribution in [-0.2, 0) is 61.0 Å². The van der Waals surface area contributed by atoms with Crippen molar-refractivity contribution in [1.82, 2.24) is 41.2 Å². The maximum Gasteiger partial charge on any atom is 0.326 e. The van der Waals surface area contributed by atoms with E-state index in [0.717, 1.165) is 5.56 Å². The molecule has 1 fully saturated rings. The average Bonchev–Trinajstić information content (AvgIpc) is 3.95. The van der Waals surface area contributed by atoms with Crippen molar-refractivity contribution in [2.24, 2.45) is 0 Å². The Hall–Kier alpha value is -6.62. The first-order valence-electron chi connectivity index (χ1n) is 20.6. The van der Waals surface area contributed by atoms with Crippen LogP contribution in [-0.4, -0.2) is 111 Å². The van der Waals surface area contributed by atoms with Gasteiger partial charge in [0.2, 0.25) is 29.5 Å². The van der Waals surface area contributed by atoms with E-state index in [9.17, 15) is 33.9 Å². The molecule has 1 aromatic heterocycles. The van der Waals surface area contributed by atoms with Crippen molar-refractivity contribution in [1.29, 1.82) is 0 Å². The predicted octanol–water partition coefficient (Wildman–Crippen LogP) is 1.80. The molecule has 0 spiro atoms. The number of ether oxygens (including phenoxy) is 1. The maximum atomic E-state index is 14.4. The molecular formula is C44H53N9O8. The number of aryl methyl sites for hydroxylation is 2. The normalized spacial score (nSPS) is 21.5. The second kappa shape index (κ2) is 21.1. The number of carbonyl (C=O) groups excluding carboxylic acids is 5. The van der Waals surface area contributed by atoms with E-state index in [0.29, 0.717) is 67.1 Å². The molecule has 6 bridgehead atoms. The van der Waals surface area contributed by atoms with Crippen LogP contribution in [0.1, 0.15) is 55.0 Å². The summed E-state index contributed by atoms with van der Waals surface area (Å²) in [4.78, 5) is 82.4. The summed E-state index contributed by atoms with van der Waals surface area (Å²) in [5.41, 5.74) is 3.30. The lowest BCUT2D eigenvalue weighted by atomic mass is 10.0. The van der Waals surface area contributed by atoms with Crippen LogP contribution >= 0.6 is 0 Å². The lowest BCUT2D eigenvalue weighted by Gasteiger charge is -2.30. The first-order chi connectivity index (χ1) is 29.4. The predicted molar refractivity (Wildman–Crippen MR) is 224 cm³/mol. The van der Waals surface area contributed by atoms with Crippen molar-refractivity contribution in [3.63, 3.8) is 0 Å².